The molecule has 1 amide bonds. The van der Waals surface area contributed by atoms with Crippen molar-refractivity contribution in [3.05, 3.63) is 57.1 Å². The number of halogens is 1. The number of hydrogen-bond acceptors (Lipinski definition) is 7. The molecule has 158 valence electrons. The summed E-state index contributed by atoms with van der Waals surface area (Å²) < 4.78 is 6.13. The van der Waals surface area contributed by atoms with Crippen molar-refractivity contribution in [3.8, 4) is 5.75 Å². The Hall–Kier alpha value is -2.75. The van der Waals surface area contributed by atoms with Crippen LogP contribution in [0.15, 0.2) is 36.4 Å². The molecule has 0 saturated heterocycles. The predicted molar refractivity (Wildman–Crippen MR) is 119 cm³/mol. The molecule has 2 aromatic carbocycles. The smallest absolute Gasteiger partial charge is 0.282 e. The van der Waals surface area contributed by atoms with E-state index < -0.39 is 10.8 Å². The molecule has 0 saturated carbocycles. The van der Waals surface area contributed by atoms with Gasteiger partial charge in [0.25, 0.3) is 11.6 Å². The second-order valence-corrected chi connectivity index (χ2v) is 8.31. The van der Waals surface area contributed by atoms with Crippen molar-refractivity contribution in [3.63, 3.8) is 0 Å². The summed E-state index contributed by atoms with van der Waals surface area (Å²) in [6, 6.07) is 9.47. The third kappa shape index (κ3) is 4.86. The number of carbonyl (C=O) groups excluding carboxylic acids is 1. The number of aromatic nitrogens is 1. The Morgan fingerprint density at radius 2 is 2.00 bits per heavy atom. The van der Waals surface area contributed by atoms with E-state index in [9.17, 15) is 14.9 Å². The molecular formula is C20H21ClN4O4S. The standard InChI is InChI=1S/C20H21ClN4O4S/c1-23(2)9-4-10-24(19(26)15-11-13(21)5-7-17(15)25(27)28)20-22-16-12-14(29-3)6-8-18(16)30-20/h5-8,11-12H,4,9-10H2,1-3H3. The lowest BCUT2D eigenvalue weighted by molar-refractivity contribution is -0.385. The van der Waals surface area contributed by atoms with Crippen LogP contribution < -0.4 is 9.64 Å². The number of nitro groups is 1. The fourth-order valence-corrected chi connectivity index (χ4v) is 4.09. The van der Waals surface area contributed by atoms with Crippen LogP contribution in [0.3, 0.4) is 0 Å². The Kier molecular flexibility index (Phi) is 6.86. The molecule has 0 unspecified atom stereocenters. The monoisotopic (exact) mass is 448 g/mol. The van der Waals surface area contributed by atoms with Crippen molar-refractivity contribution in [2.75, 3.05) is 39.2 Å². The molecule has 0 atom stereocenters. The van der Waals surface area contributed by atoms with E-state index in [4.69, 9.17) is 16.3 Å². The van der Waals surface area contributed by atoms with E-state index in [0.29, 0.717) is 29.4 Å². The number of thiazole rings is 1. The molecule has 30 heavy (non-hydrogen) atoms. The van der Waals surface area contributed by atoms with E-state index in [0.717, 1.165) is 11.2 Å². The topological polar surface area (TPSA) is 88.8 Å². The van der Waals surface area contributed by atoms with Crippen molar-refractivity contribution < 1.29 is 14.5 Å². The average molecular weight is 449 g/mol. The molecule has 0 aliphatic rings. The van der Waals surface area contributed by atoms with Crippen molar-refractivity contribution in [2.45, 2.75) is 6.42 Å². The lowest BCUT2D eigenvalue weighted by Gasteiger charge is -2.21. The number of hydrogen-bond donors (Lipinski definition) is 0. The Labute approximate surface area is 182 Å². The number of rotatable bonds is 8. The Morgan fingerprint density at radius 1 is 1.23 bits per heavy atom. The van der Waals surface area contributed by atoms with Crippen molar-refractivity contribution in [1.29, 1.82) is 0 Å². The first-order chi connectivity index (χ1) is 14.3. The molecule has 1 heterocycles. The maximum Gasteiger partial charge on any atom is 0.282 e. The van der Waals surface area contributed by atoms with E-state index in [1.54, 1.807) is 13.2 Å². The SMILES string of the molecule is COc1ccc2sc(N(CCCN(C)C)C(=O)c3cc(Cl)ccc3[N+](=O)[O-])nc2c1. The van der Waals surface area contributed by atoms with Gasteiger partial charge in [0.05, 0.1) is 22.2 Å². The van der Waals surface area contributed by atoms with E-state index in [-0.39, 0.29) is 16.3 Å². The number of methoxy groups -OCH3 is 1. The third-order valence-electron chi connectivity index (χ3n) is 4.43. The molecule has 0 spiro atoms. The molecule has 0 bridgehead atoms. The van der Waals surface area contributed by atoms with Gasteiger partial charge in [0.1, 0.15) is 11.3 Å². The highest BCUT2D eigenvalue weighted by Crippen LogP contribution is 2.33. The minimum absolute atomic E-state index is 0.0609. The van der Waals surface area contributed by atoms with Gasteiger partial charge in [-0.3, -0.25) is 19.8 Å². The number of nitro benzene ring substituents is 1. The number of carbonyl (C=O) groups is 1. The summed E-state index contributed by atoms with van der Waals surface area (Å²) in [7, 11) is 5.46. The number of fused-ring (bicyclic) bond motifs is 1. The lowest BCUT2D eigenvalue weighted by atomic mass is 10.1. The molecule has 3 aromatic rings. The zero-order valence-corrected chi connectivity index (χ0v) is 18.4. The summed E-state index contributed by atoms with van der Waals surface area (Å²) in [5, 5.41) is 12.2. The number of benzene rings is 2. The minimum atomic E-state index is -0.579. The van der Waals surface area contributed by atoms with Crippen LogP contribution in [0, 0.1) is 10.1 Å². The Balaban J connectivity index is 2.04. The van der Waals surface area contributed by atoms with Gasteiger partial charge in [-0.25, -0.2) is 4.98 Å². The van der Waals surface area contributed by atoms with Crippen LogP contribution in [0.25, 0.3) is 10.2 Å². The summed E-state index contributed by atoms with van der Waals surface area (Å²) in [4.78, 5) is 32.4. The van der Waals surface area contributed by atoms with Crippen molar-refractivity contribution in [2.24, 2.45) is 0 Å². The minimum Gasteiger partial charge on any atom is -0.497 e. The Morgan fingerprint density at radius 3 is 2.67 bits per heavy atom. The number of ether oxygens (including phenoxy) is 1. The number of anilines is 1. The van der Waals surface area contributed by atoms with Gasteiger partial charge in [0.15, 0.2) is 5.13 Å². The van der Waals surface area contributed by atoms with E-state index in [2.05, 4.69) is 4.98 Å². The molecule has 0 fully saturated rings. The normalized spacial score (nSPS) is 11.1. The summed E-state index contributed by atoms with van der Waals surface area (Å²) in [5.41, 5.74) is 0.347. The maximum atomic E-state index is 13.4. The molecule has 8 nitrogen and oxygen atoms in total. The molecule has 10 heteroatoms. The summed E-state index contributed by atoms with van der Waals surface area (Å²) in [5.74, 6) is 0.157. The quantitative estimate of drug-likeness (QED) is 0.373. The van der Waals surface area contributed by atoms with Gasteiger partial charge in [-0.2, -0.15) is 0 Å². The fraction of sp³-hybridized carbons (Fsp3) is 0.300. The maximum absolute atomic E-state index is 13.4. The van der Waals surface area contributed by atoms with E-state index in [1.807, 2.05) is 31.1 Å². The molecule has 0 N–H and O–H groups in total. The van der Waals surface area contributed by atoms with Crippen LogP contribution in [-0.4, -0.2) is 55.0 Å². The molecule has 0 radical (unpaired) electrons. The van der Waals surface area contributed by atoms with E-state index >= 15 is 0 Å². The largest absolute Gasteiger partial charge is 0.497 e. The highest BCUT2D eigenvalue weighted by molar-refractivity contribution is 7.22. The van der Waals surface area contributed by atoms with Gasteiger partial charge in [-0.15, -0.1) is 0 Å². The first kappa shape index (κ1) is 21.9. The van der Waals surface area contributed by atoms with Gasteiger partial charge in [0.2, 0.25) is 0 Å². The Bertz CT molecular complexity index is 1090. The summed E-state index contributed by atoms with van der Waals surface area (Å²) >= 11 is 7.38. The fourth-order valence-electron chi connectivity index (χ4n) is 2.95. The number of amides is 1. The van der Waals surface area contributed by atoms with Crippen LogP contribution in [-0.2, 0) is 0 Å². The molecule has 1 aromatic heterocycles. The van der Waals surface area contributed by atoms with Crippen LogP contribution in [0.5, 0.6) is 5.75 Å². The van der Waals surface area contributed by atoms with Crippen LogP contribution in [0.1, 0.15) is 16.8 Å². The number of nitrogens with zero attached hydrogens (tertiary/aromatic N) is 4. The van der Waals surface area contributed by atoms with Crippen LogP contribution >= 0.6 is 22.9 Å². The highest BCUT2D eigenvalue weighted by Gasteiger charge is 2.28. The van der Waals surface area contributed by atoms with Gasteiger partial charge < -0.3 is 9.64 Å². The van der Waals surface area contributed by atoms with E-state index in [1.165, 1.54) is 34.4 Å². The van der Waals surface area contributed by atoms with Gasteiger partial charge >= 0.3 is 0 Å². The third-order valence-corrected chi connectivity index (χ3v) is 5.73. The highest BCUT2D eigenvalue weighted by atomic mass is 35.5. The summed E-state index contributed by atoms with van der Waals surface area (Å²) in [6.07, 6.45) is 0.673. The van der Waals surface area contributed by atoms with Crippen molar-refractivity contribution in [1.82, 2.24) is 9.88 Å². The summed E-state index contributed by atoms with van der Waals surface area (Å²) in [6.45, 7) is 1.11. The van der Waals surface area contributed by atoms with Crippen LogP contribution in [0.2, 0.25) is 5.02 Å². The van der Waals surface area contributed by atoms with Gasteiger partial charge in [-0.05, 0) is 51.3 Å². The second kappa shape index (κ2) is 9.38. The zero-order valence-electron chi connectivity index (χ0n) is 16.8. The average Bonchev–Trinajstić information content (AvgIpc) is 3.12. The zero-order chi connectivity index (χ0) is 21.8. The second-order valence-electron chi connectivity index (χ2n) is 6.86. The van der Waals surface area contributed by atoms with Crippen LogP contribution in [0.4, 0.5) is 10.8 Å². The van der Waals surface area contributed by atoms with Crippen molar-refractivity contribution >= 4 is 49.9 Å². The van der Waals surface area contributed by atoms with Gasteiger partial charge in [-0.1, -0.05) is 22.9 Å². The van der Waals surface area contributed by atoms with Gasteiger partial charge in [0, 0.05) is 23.7 Å². The molecule has 0 aliphatic heterocycles. The first-order valence-corrected chi connectivity index (χ1v) is 10.3. The first-order valence-electron chi connectivity index (χ1n) is 9.15. The molecule has 0 aliphatic carbocycles. The molecule has 3 rings (SSSR count). The predicted octanol–water partition coefficient (Wildman–Crippen LogP) is 4.47. The molecular weight excluding hydrogens is 428 g/mol. The lowest BCUT2D eigenvalue weighted by Crippen LogP contribution is -2.33.